The van der Waals surface area contributed by atoms with E-state index in [1.165, 1.54) is 76.5 Å². The maximum absolute atomic E-state index is 2.66. The van der Waals surface area contributed by atoms with Gasteiger partial charge in [-0.15, -0.1) is 0 Å². The number of piperidine rings is 2. The Kier molecular flexibility index (Phi) is 8.15. The van der Waals surface area contributed by atoms with Crippen LogP contribution in [-0.4, -0.2) is 60.6 Å². The van der Waals surface area contributed by atoms with Gasteiger partial charge in [0.05, 0.1) is 0 Å². The monoisotopic (exact) mass is 316 g/mol. The number of nitrogens with zero attached hydrogens (tertiary/aromatic N) is 2. The number of hydrogen-bond donors (Lipinski definition) is 0. The van der Waals surface area contributed by atoms with Crippen LogP contribution >= 0.6 is 21.6 Å². The molecule has 0 aromatic rings. The molecule has 0 spiro atoms. The van der Waals surface area contributed by atoms with E-state index < -0.39 is 0 Å². The Bertz CT molecular complexity index is 237. The Morgan fingerprint density at radius 2 is 1.25 bits per heavy atom. The minimum Gasteiger partial charge on any atom is -0.302 e. The Hall–Kier alpha value is 0.620. The number of hydrogen-bond acceptors (Lipinski definition) is 4. The van der Waals surface area contributed by atoms with Crippen LogP contribution < -0.4 is 0 Å². The normalized spacial score (nSPS) is 29.7. The molecular weight excluding hydrogens is 284 g/mol. The summed E-state index contributed by atoms with van der Waals surface area (Å²) in [5.41, 5.74) is 0. The van der Waals surface area contributed by atoms with E-state index in [0.29, 0.717) is 0 Å². The molecule has 0 radical (unpaired) electrons. The van der Waals surface area contributed by atoms with E-state index in [9.17, 15) is 0 Å². The first-order chi connectivity index (χ1) is 9.74. The Morgan fingerprint density at radius 1 is 0.800 bits per heavy atom. The SMILES string of the molecule is CC1CCCN(CCSSCCN2CCCC(C)C2)C1. The highest BCUT2D eigenvalue weighted by molar-refractivity contribution is 8.76. The summed E-state index contributed by atoms with van der Waals surface area (Å²) in [4.78, 5) is 5.32. The number of rotatable bonds is 7. The standard InChI is InChI=1S/C16H32N2S2/c1-15-5-3-7-17(13-15)9-11-19-20-12-10-18-8-4-6-16(2)14-18/h15-16H,3-14H2,1-2H3. The van der Waals surface area contributed by atoms with Crippen molar-refractivity contribution in [2.45, 2.75) is 39.5 Å². The molecule has 0 aromatic carbocycles. The second-order valence-electron chi connectivity index (χ2n) is 6.74. The molecule has 20 heavy (non-hydrogen) atoms. The molecular formula is C16H32N2S2. The van der Waals surface area contributed by atoms with Crippen LogP contribution in [0.25, 0.3) is 0 Å². The zero-order chi connectivity index (χ0) is 14.2. The predicted octanol–water partition coefficient (Wildman–Crippen LogP) is 3.83. The molecule has 4 heteroatoms. The lowest BCUT2D eigenvalue weighted by Gasteiger charge is -2.31. The van der Waals surface area contributed by atoms with Crippen molar-refractivity contribution in [3.05, 3.63) is 0 Å². The van der Waals surface area contributed by atoms with Crippen LogP contribution in [0.15, 0.2) is 0 Å². The van der Waals surface area contributed by atoms with E-state index in [1.54, 1.807) is 0 Å². The summed E-state index contributed by atoms with van der Waals surface area (Å²) >= 11 is 0. The van der Waals surface area contributed by atoms with Crippen LogP contribution in [0.2, 0.25) is 0 Å². The quantitative estimate of drug-likeness (QED) is 0.520. The third-order valence-corrected chi connectivity index (χ3v) is 6.91. The predicted molar refractivity (Wildman–Crippen MR) is 94.6 cm³/mol. The van der Waals surface area contributed by atoms with Crippen molar-refractivity contribution in [3.63, 3.8) is 0 Å². The van der Waals surface area contributed by atoms with Gasteiger partial charge in [-0.3, -0.25) is 0 Å². The molecule has 0 bridgehead atoms. The fourth-order valence-corrected chi connectivity index (χ4v) is 5.49. The molecule has 0 N–H and O–H groups in total. The van der Waals surface area contributed by atoms with Gasteiger partial charge in [-0.1, -0.05) is 35.4 Å². The van der Waals surface area contributed by atoms with Crippen LogP contribution in [0, 0.1) is 11.8 Å². The molecule has 2 aliphatic rings. The third kappa shape index (κ3) is 6.59. The summed E-state index contributed by atoms with van der Waals surface area (Å²) in [6.45, 7) is 12.7. The van der Waals surface area contributed by atoms with Crippen LogP contribution in [0.1, 0.15) is 39.5 Å². The maximum atomic E-state index is 2.66. The molecule has 2 nitrogen and oxygen atoms in total. The summed E-state index contributed by atoms with van der Waals surface area (Å²) in [5.74, 6) is 4.44. The first kappa shape index (κ1) is 17.0. The minimum absolute atomic E-state index is 0.919. The van der Waals surface area contributed by atoms with Gasteiger partial charge in [-0.2, -0.15) is 0 Å². The smallest absolute Gasteiger partial charge is 0.0165 e. The molecule has 2 saturated heterocycles. The highest BCUT2D eigenvalue weighted by Crippen LogP contribution is 2.23. The van der Waals surface area contributed by atoms with Crippen molar-refractivity contribution >= 4 is 21.6 Å². The van der Waals surface area contributed by atoms with Crippen molar-refractivity contribution in [1.29, 1.82) is 0 Å². The van der Waals surface area contributed by atoms with Gasteiger partial charge < -0.3 is 9.80 Å². The first-order valence-electron chi connectivity index (χ1n) is 8.43. The van der Waals surface area contributed by atoms with Gasteiger partial charge >= 0.3 is 0 Å². The Balaban J connectivity index is 1.43. The van der Waals surface area contributed by atoms with E-state index in [2.05, 4.69) is 45.2 Å². The third-order valence-electron chi connectivity index (χ3n) is 4.55. The van der Waals surface area contributed by atoms with Gasteiger partial charge in [0.1, 0.15) is 0 Å². The van der Waals surface area contributed by atoms with E-state index >= 15 is 0 Å². The molecule has 2 heterocycles. The average Bonchev–Trinajstić information content (AvgIpc) is 2.43. The lowest BCUT2D eigenvalue weighted by molar-refractivity contribution is 0.194. The van der Waals surface area contributed by atoms with Crippen molar-refractivity contribution in [3.8, 4) is 0 Å². The summed E-state index contributed by atoms with van der Waals surface area (Å²) in [7, 11) is 4.17. The molecule has 2 aliphatic heterocycles. The molecule has 0 aromatic heterocycles. The van der Waals surface area contributed by atoms with Gasteiger partial charge in [0, 0.05) is 37.7 Å². The summed E-state index contributed by atoms with van der Waals surface area (Å²) in [6, 6.07) is 0. The lowest BCUT2D eigenvalue weighted by atomic mass is 10.0. The summed E-state index contributed by atoms with van der Waals surface area (Å²) in [6.07, 6.45) is 5.69. The van der Waals surface area contributed by atoms with Crippen LogP contribution in [0.4, 0.5) is 0 Å². The molecule has 118 valence electrons. The minimum atomic E-state index is 0.919. The Labute approximate surface area is 133 Å². The molecule has 0 aliphatic carbocycles. The molecule has 2 atom stereocenters. The molecule has 0 saturated carbocycles. The van der Waals surface area contributed by atoms with E-state index in [1.807, 2.05) is 0 Å². The highest BCUT2D eigenvalue weighted by Gasteiger charge is 2.16. The lowest BCUT2D eigenvalue weighted by Crippen LogP contribution is -2.36. The number of likely N-dealkylation sites (tertiary alicyclic amines) is 2. The Morgan fingerprint density at radius 3 is 1.65 bits per heavy atom. The molecule has 2 unspecified atom stereocenters. The zero-order valence-electron chi connectivity index (χ0n) is 13.4. The molecule has 2 rings (SSSR count). The van der Waals surface area contributed by atoms with Crippen LogP contribution in [0.5, 0.6) is 0 Å². The second-order valence-corrected chi connectivity index (χ2v) is 9.44. The van der Waals surface area contributed by atoms with Crippen molar-refractivity contribution in [2.75, 3.05) is 50.8 Å². The average molecular weight is 317 g/mol. The van der Waals surface area contributed by atoms with E-state index in [-0.39, 0.29) is 0 Å². The molecule has 2 fully saturated rings. The topological polar surface area (TPSA) is 6.48 Å². The van der Waals surface area contributed by atoms with E-state index in [0.717, 1.165) is 11.8 Å². The van der Waals surface area contributed by atoms with Crippen LogP contribution in [-0.2, 0) is 0 Å². The maximum Gasteiger partial charge on any atom is 0.0165 e. The molecule has 0 amide bonds. The van der Waals surface area contributed by atoms with Crippen molar-refractivity contribution in [2.24, 2.45) is 11.8 Å². The van der Waals surface area contributed by atoms with Crippen molar-refractivity contribution < 1.29 is 0 Å². The van der Waals surface area contributed by atoms with Gasteiger partial charge in [0.15, 0.2) is 0 Å². The zero-order valence-corrected chi connectivity index (χ0v) is 15.0. The van der Waals surface area contributed by atoms with Gasteiger partial charge in [0.2, 0.25) is 0 Å². The highest BCUT2D eigenvalue weighted by atomic mass is 33.1. The largest absolute Gasteiger partial charge is 0.302 e. The van der Waals surface area contributed by atoms with Crippen LogP contribution in [0.3, 0.4) is 0 Å². The summed E-state index contributed by atoms with van der Waals surface area (Å²) < 4.78 is 0. The fourth-order valence-electron chi connectivity index (χ4n) is 3.43. The van der Waals surface area contributed by atoms with Gasteiger partial charge in [0.25, 0.3) is 0 Å². The van der Waals surface area contributed by atoms with Crippen molar-refractivity contribution in [1.82, 2.24) is 9.80 Å². The van der Waals surface area contributed by atoms with E-state index in [4.69, 9.17) is 0 Å². The van der Waals surface area contributed by atoms with Gasteiger partial charge in [-0.05, 0) is 50.6 Å². The second kappa shape index (κ2) is 9.60. The summed E-state index contributed by atoms with van der Waals surface area (Å²) in [5, 5.41) is 0. The van der Waals surface area contributed by atoms with Gasteiger partial charge in [-0.25, -0.2) is 0 Å². The first-order valence-corrected chi connectivity index (χ1v) is 10.9. The fraction of sp³-hybridized carbons (Fsp3) is 1.00.